The van der Waals surface area contributed by atoms with Gasteiger partial charge in [-0.3, -0.25) is 0 Å². The first-order chi connectivity index (χ1) is 6.72. The van der Waals surface area contributed by atoms with E-state index in [1.54, 1.807) is 7.11 Å². The van der Waals surface area contributed by atoms with Gasteiger partial charge in [-0.25, -0.2) is 0 Å². The molecule has 2 N–H and O–H groups in total. The predicted octanol–water partition coefficient (Wildman–Crippen LogP) is 2.87. The Morgan fingerprint density at radius 2 is 2.21 bits per heavy atom. The highest BCUT2D eigenvalue weighted by Gasteiger charge is 2.30. The Hall–Kier alpha value is -0.540. The van der Waals surface area contributed by atoms with Crippen molar-refractivity contribution in [2.75, 3.05) is 7.11 Å². The van der Waals surface area contributed by atoms with Crippen LogP contribution in [-0.4, -0.2) is 7.11 Å². The lowest BCUT2D eigenvalue weighted by Gasteiger charge is -2.13. The van der Waals surface area contributed by atoms with E-state index in [1.807, 2.05) is 18.2 Å². The Bertz CT molecular complexity index is 336. The molecule has 1 aromatic rings. The van der Waals surface area contributed by atoms with Crippen molar-refractivity contribution in [2.45, 2.75) is 18.9 Å². The molecule has 0 radical (unpaired) electrons. The zero-order valence-electron chi connectivity index (χ0n) is 8.16. The second-order valence-corrected chi connectivity index (χ2v) is 4.60. The summed E-state index contributed by atoms with van der Waals surface area (Å²) >= 11 is 3.52. The van der Waals surface area contributed by atoms with Gasteiger partial charge in [-0.05, 0) is 36.5 Å². The molecule has 2 rings (SSSR count). The summed E-state index contributed by atoms with van der Waals surface area (Å²) < 4.78 is 6.19. The molecule has 0 aromatic heterocycles. The number of ether oxygens (including phenoxy) is 1. The largest absolute Gasteiger partial charge is 0.497 e. The Labute approximate surface area is 92.6 Å². The number of hydrogen-bond donors (Lipinski definition) is 1. The lowest BCUT2D eigenvalue weighted by Crippen LogP contribution is -2.12. The summed E-state index contributed by atoms with van der Waals surface area (Å²) in [5.41, 5.74) is 7.31. The standard InChI is InChI=1S/C11H14BrNO/c1-14-8-4-5-9(10(12)6-8)11(13)7-2-3-7/h4-7,11H,2-3,13H2,1H3/t11-/m1/s1. The van der Waals surface area contributed by atoms with Crippen LogP contribution in [0.4, 0.5) is 0 Å². The zero-order chi connectivity index (χ0) is 10.1. The van der Waals surface area contributed by atoms with Crippen LogP contribution in [-0.2, 0) is 0 Å². The minimum absolute atomic E-state index is 0.176. The average Bonchev–Trinajstić information content (AvgIpc) is 3.00. The minimum Gasteiger partial charge on any atom is -0.497 e. The Morgan fingerprint density at radius 3 is 2.71 bits per heavy atom. The number of nitrogens with two attached hydrogens (primary N) is 1. The molecule has 14 heavy (non-hydrogen) atoms. The SMILES string of the molecule is COc1ccc([C@H](N)C2CC2)c(Br)c1. The molecule has 1 fully saturated rings. The molecule has 0 aliphatic heterocycles. The number of benzene rings is 1. The molecule has 0 unspecified atom stereocenters. The summed E-state index contributed by atoms with van der Waals surface area (Å²) in [4.78, 5) is 0. The quantitative estimate of drug-likeness (QED) is 0.902. The molecule has 0 amide bonds. The monoisotopic (exact) mass is 255 g/mol. The lowest BCUT2D eigenvalue weighted by molar-refractivity contribution is 0.414. The van der Waals surface area contributed by atoms with Gasteiger partial charge >= 0.3 is 0 Å². The van der Waals surface area contributed by atoms with Gasteiger partial charge in [-0.1, -0.05) is 22.0 Å². The number of rotatable bonds is 3. The Kier molecular flexibility index (Phi) is 2.79. The van der Waals surface area contributed by atoms with Crippen molar-refractivity contribution in [1.29, 1.82) is 0 Å². The normalized spacial score (nSPS) is 17.9. The van der Waals surface area contributed by atoms with E-state index in [-0.39, 0.29) is 6.04 Å². The lowest BCUT2D eigenvalue weighted by atomic mass is 10.0. The van der Waals surface area contributed by atoms with Gasteiger partial charge in [0.15, 0.2) is 0 Å². The van der Waals surface area contributed by atoms with E-state index in [4.69, 9.17) is 10.5 Å². The van der Waals surface area contributed by atoms with E-state index in [2.05, 4.69) is 15.9 Å². The summed E-state index contributed by atoms with van der Waals surface area (Å²) in [7, 11) is 1.67. The number of hydrogen-bond acceptors (Lipinski definition) is 2. The second-order valence-electron chi connectivity index (χ2n) is 3.75. The van der Waals surface area contributed by atoms with E-state index >= 15 is 0 Å². The molecule has 1 saturated carbocycles. The van der Waals surface area contributed by atoms with Crippen LogP contribution in [0.25, 0.3) is 0 Å². The first-order valence-electron chi connectivity index (χ1n) is 4.81. The van der Waals surface area contributed by atoms with Crippen molar-refractivity contribution in [3.05, 3.63) is 28.2 Å². The highest BCUT2D eigenvalue weighted by Crippen LogP contribution is 2.41. The topological polar surface area (TPSA) is 35.2 Å². The fourth-order valence-electron chi connectivity index (χ4n) is 1.61. The predicted molar refractivity (Wildman–Crippen MR) is 60.3 cm³/mol. The Morgan fingerprint density at radius 1 is 1.50 bits per heavy atom. The summed E-state index contributed by atoms with van der Waals surface area (Å²) in [6.07, 6.45) is 2.53. The average molecular weight is 256 g/mol. The summed E-state index contributed by atoms with van der Waals surface area (Å²) in [6, 6.07) is 6.15. The first-order valence-corrected chi connectivity index (χ1v) is 5.60. The van der Waals surface area contributed by atoms with E-state index in [0.29, 0.717) is 5.92 Å². The van der Waals surface area contributed by atoms with E-state index in [1.165, 1.54) is 18.4 Å². The number of halogens is 1. The van der Waals surface area contributed by atoms with Crippen molar-refractivity contribution in [3.8, 4) is 5.75 Å². The molecule has 0 spiro atoms. The van der Waals surface area contributed by atoms with Crippen molar-refractivity contribution in [2.24, 2.45) is 11.7 Å². The third-order valence-electron chi connectivity index (χ3n) is 2.70. The maximum atomic E-state index is 6.12. The molecule has 2 nitrogen and oxygen atoms in total. The van der Waals surface area contributed by atoms with Crippen molar-refractivity contribution in [1.82, 2.24) is 0 Å². The van der Waals surface area contributed by atoms with Gasteiger partial charge in [-0.2, -0.15) is 0 Å². The highest BCUT2D eigenvalue weighted by molar-refractivity contribution is 9.10. The van der Waals surface area contributed by atoms with Gasteiger partial charge in [0.05, 0.1) is 7.11 Å². The third kappa shape index (κ3) is 1.93. The van der Waals surface area contributed by atoms with Crippen LogP contribution in [0.1, 0.15) is 24.4 Å². The first kappa shape index (κ1) is 9.99. The zero-order valence-corrected chi connectivity index (χ0v) is 9.75. The molecular formula is C11H14BrNO. The highest BCUT2D eigenvalue weighted by atomic mass is 79.9. The minimum atomic E-state index is 0.176. The molecule has 3 heteroatoms. The molecule has 0 saturated heterocycles. The van der Waals surface area contributed by atoms with E-state index < -0.39 is 0 Å². The fourth-order valence-corrected chi connectivity index (χ4v) is 2.24. The van der Waals surface area contributed by atoms with Gasteiger partial charge in [-0.15, -0.1) is 0 Å². The van der Waals surface area contributed by atoms with Gasteiger partial charge in [0.2, 0.25) is 0 Å². The van der Waals surface area contributed by atoms with Crippen molar-refractivity contribution >= 4 is 15.9 Å². The number of methoxy groups -OCH3 is 1. The summed E-state index contributed by atoms with van der Waals surface area (Å²) in [5, 5.41) is 0. The van der Waals surface area contributed by atoms with Crippen LogP contribution in [0.5, 0.6) is 5.75 Å². The third-order valence-corrected chi connectivity index (χ3v) is 3.38. The maximum Gasteiger partial charge on any atom is 0.120 e. The van der Waals surface area contributed by atoms with Crippen molar-refractivity contribution < 1.29 is 4.74 Å². The van der Waals surface area contributed by atoms with Crippen molar-refractivity contribution in [3.63, 3.8) is 0 Å². The van der Waals surface area contributed by atoms with E-state index in [0.717, 1.165) is 10.2 Å². The Balaban J connectivity index is 2.24. The van der Waals surface area contributed by atoms with Gasteiger partial charge in [0.25, 0.3) is 0 Å². The van der Waals surface area contributed by atoms with E-state index in [9.17, 15) is 0 Å². The molecule has 1 aliphatic rings. The summed E-state index contributed by atoms with van der Waals surface area (Å²) in [5.74, 6) is 1.54. The van der Waals surface area contributed by atoms with Crippen LogP contribution < -0.4 is 10.5 Å². The van der Waals surface area contributed by atoms with Crippen LogP contribution in [0.2, 0.25) is 0 Å². The molecule has 0 heterocycles. The van der Waals surface area contributed by atoms with Gasteiger partial charge in [0, 0.05) is 10.5 Å². The maximum absolute atomic E-state index is 6.12. The molecule has 1 aromatic carbocycles. The van der Waals surface area contributed by atoms with Crippen LogP contribution in [0.3, 0.4) is 0 Å². The van der Waals surface area contributed by atoms with Gasteiger partial charge < -0.3 is 10.5 Å². The van der Waals surface area contributed by atoms with Crippen LogP contribution in [0, 0.1) is 5.92 Å². The molecular weight excluding hydrogens is 242 g/mol. The smallest absolute Gasteiger partial charge is 0.120 e. The molecule has 0 bridgehead atoms. The second kappa shape index (κ2) is 3.91. The molecule has 76 valence electrons. The van der Waals surface area contributed by atoms with Crippen LogP contribution >= 0.6 is 15.9 Å². The summed E-state index contributed by atoms with van der Waals surface area (Å²) in [6.45, 7) is 0. The van der Waals surface area contributed by atoms with Gasteiger partial charge in [0.1, 0.15) is 5.75 Å². The van der Waals surface area contributed by atoms with Crippen LogP contribution in [0.15, 0.2) is 22.7 Å². The molecule has 1 atom stereocenters. The molecule has 1 aliphatic carbocycles. The fraction of sp³-hybridized carbons (Fsp3) is 0.455.